The van der Waals surface area contributed by atoms with E-state index in [4.69, 9.17) is 5.73 Å². The van der Waals surface area contributed by atoms with Crippen molar-refractivity contribution in [2.75, 3.05) is 6.54 Å². The van der Waals surface area contributed by atoms with Crippen LogP contribution < -0.4 is 5.73 Å². The Morgan fingerprint density at radius 1 is 1.41 bits per heavy atom. The van der Waals surface area contributed by atoms with E-state index < -0.39 is 0 Å². The third kappa shape index (κ3) is 3.09. The van der Waals surface area contributed by atoms with Gasteiger partial charge < -0.3 is 5.73 Å². The van der Waals surface area contributed by atoms with Crippen molar-refractivity contribution >= 4 is 11.3 Å². The molecule has 3 heteroatoms. The summed E-state index contributed by atoms with van der Waals surface area (Å²) < 4.78 is 0. The lowest BCUT2D eigenvalue weighted by Crippen LogP contribution is -2.43. The van der Waals surface area contributed by atoms with E-state index >= 15 is 0 Å². The highest BCUT2D eigenvalue weighted by atomic mass is 32.1. The van der Waals surface area contributed by atoms with Crippen LogP contribution in [0, 0.1) is 0 Å². The zero-order valence-corrected chi connectivity index (χ0v) is 11.7. The first-order chi connectivity index (χ1) is 8.20. The van der Waals surface area contributed by atoms with Crippen molar-refractivity contribution in [1.29, 1.82) is 0 Å². The maximum Gasteiger partial charge on any atom is 0.0593 e. The van der Waals surface area contributed by atoms with Crippen molar-refractivity contribution in [3.05, 3.63) is 22.4 Å². The van der Waals surface area contributed by atoms with Gasteiger partial charge in [-0.15, -0.1) is 11.3 Å². The molecule has 1 aliphatic rings. The first-order valence-electron chi connectivity index (χ1n) is 6.75. The molecule has 0 radical (unpaired) electrons. The normalized spacial score (nSPS) is 26.4. The van der Waals surface area contributed by atoms with Crippen LogP contribution >= 0.6 is 11.3 Å². The number of likely N-dealkylation sites (tertiary alicyclic amines) is 1. The number of nitrogens with two attached hydrogens (primary N) is 1. The highest BCUT2D eigenvalue weighted by molar-refractivity contribution is 7.10. The molecule has 1 aliphatic heterocycles. The van der Waals surface area contributed by atoms with E-state index in [0.29, 0.717) is 12.1 Å². The zero-order chi connectivity index (χ0) is 12.3. The van der Waals surface area contributed by atoms with E-state index in [0.717, 1.165) is 0 Å². The van der Waals surface area contributed by atoms with Gasteiger partial charge in [0.1, 0.15) is 0 Å². The largest absolute Gasteiger partial charge is 0.326 e. The van der Waals surface area contributed by atoms with Crippen LogP contribution in [0.15, 0.2) is 17.5 Å². The summed E-state index contributed by atoms with van der Waals surface area (Å²) in [5.74, 6) is 0. The Bertz CT molecular complexity index is 321. The van der Waals surface area contributed by atoms with Crippen molar-refractivity contribution in [3.8, 4) is 0 Å². The fraction of sp³-hybridized carbons (Fsp3) is 0.714. The standard InChI is InChI=1S/C14H24N2S/c1-11-7-4-3-5-9-16(11)14(12(2)15)13-8-6-10-17-13/h6,8,10-12,14H,3-5,7,9,15H2,1-2H3. The number of rotatable bonds is 3. The lowest BCUT2D eigenvalue weighted by molar-refractivity contribution is 0.132. The van der Waals surface area contributed by atoms with Gasteiger partial charge in [0.25, 0.3) is 0 Å². The first-order valence-corrected chi connectivity index (χ1v) is 7.63. The molecule has 96 valence electrons. The fourth-order valence-corrected chi connectivity index (χ4v) is 3.86. The highest BCUT2D eigenvalue weighted by Crippen LogP contribution is 2.32. The summed E-state index contributed by atoms with van der Waals surface area (Å²) in [7, 11) is 0. The number of nitrogens with zero attached hydrogens (tertiary/aromatic N) is 1. The molecule has 0 aromatic carbocycles. The van der Waals surface area contributed by atoms with Crippen LogP contribution in [-0.4, -0.2) is 23.5 Å². The van der Waals surface area contributed by atoms with Crippen molar-refractivity contribution < 1.29 is 0 Å². The summed E-state index contributed by atoms with van der Waals surface area (Å²) in [4.78, 5) is 4.05. The van der Waals surface area contributed by atoms with Crippen LogP contribution in [0.2, 0.25) is 0 Å². The summed E-state index contributed by atoms with van der Waals surface area (Å²) in [6.45, 7) is 5.70. The molecular weight excluding hydrogens is 228 g/mol. The van der Waals surface area contributed by atoms with Crippen LogP contribution in [0.1, 0.15) is 50.4 Å². The maximum atomic E-state index is 6.24. The van der Waals surface area contributed by atoms with Crippen molar-refractivity contribution in [2.45, 2.75) is 57.7 Å². The van der Waals surface area contributed by atoms with Crippen molar-refractivity contribution in [1.82, 2.24) is 4.90 Å². The van der Waals surface area contributed by atoms with E-state index in [2.05, 4.69) is 36.3 Å². The fourth-order valence-electron chi connectivity index (χ4n) is 2.89. The number of thiophene rings is 1. The summed E-state index contributed by atoms with van der Waals surface area (Å²) in [5, 5.41) is 2.16. The minimum Gasteiger partial charge on any atom is -0.326 e. The van der Waals surface area contributed by atoms with E-state index in [9.17, 15) is 0 Å². The van der Waals surface area contributed by atoms with Crippen LogP contribution in [-0.2, 0) is 0 Å². The molecule has 2 nitrogen and oxygen atoms in total. The Kier molecular flexibility index (Phi) is 4.60. The molecule has 0 saturated carbocycles. The Morgan fingerprint density at radius 2 is 2.24 bits per heavy atom. The molecule has 2 heterocycles. The summed E-state index contributed by atoms with van der Waals surface area (Å²) in [6, 6.07) is 5.64. The lowest BCUT2D eigenvalue weighted by atomic mass is 10.0. The summed E-state index contributed by atoms with van der Waals surface area (Å²) in [6.07, 6.45) is 5.37. The van der Waals surface area contributed by atoms with Crippen LogP contribution in [0.3, 0.4) is 0 Å². The van der Waals surface area contributed by atoms with Gasteiger partial charge in [-0.05, 0) is 44.7 Å². The molecule has 2 rings (SSSR count). The Balaban J connectivity index is 2.19. The van der Waals surface area contributed by atoms with E-state index in [-0.39, 0.29) is 6.04 Å². The number of hydrogen-bond acceptors (Lipinski definition) is 3. The number of hydrogen-bond donors (Lipinski definition) is 1. The van der Waals surface area contributed by atoms with Crippen LogP contribution in [0.25, 0.3) is 0 Å². The SMILES string of the molecule is CC(N)C(c1cccs1)N1CCCCCC1C. The highest BCUT2D eigenvalue weighted by Gasteiger charge is 2.29. The molecule has 3 atom stereocenters. The predicted octanol–water partition coefficient (Wildman–Crippen LogP) is 3.40. The molecular formula is C14H24N2S. The van der Waals surface area contributed by atoms with Gasteiger partial charge in [-0.3, -0.25) is 4.90 Å². The molecule has 0 aliphatic carbocycles. The molecule has 1 aromatic heterocycles. The van der Waals surface area contributed by atoms with Gasteiger partial charge in [-0.25, -0.2) is 0 Å². The van der Waals surface area contributed by atoms with E-state index in [1.807, 2.05) is 11.3 Å². The molecule has 1 saturated heterocycles. The molecule has 1 aromatic rings. The molecule has 0 bridgehead atoms. The Labute approximate surface area is 109 Å². The second-order valence-corrected chi connectivity index (χ2v) is 6.23. The summed E-state index contributed by atoms with van der Waals surface area (Å²) >= 11 is 1.84. The summed E-state index contributed by atoms with van der Waals surface area (Å²) in [5.41, 5.74) is 6.24. The van der Waals surface area contributed by atoms with Gasteiger partial charge >= 0.3 is 0 Å². The third-order valence-corrected chi connectivity index (χ3v) is 4.74. The zero-order valence-electron chi connectivity index (χ0n) is 10.9. The van der Waals surface area contributed by atoms with Gasteiger partial charge in [0.05, 0.1) is 6.04 Å². The molecule has 0 amide bonds. The molecule has 17 heavy (non-hydrogen) atoms. The lowest BCUT2D eigenvalue weighted by Gasteiger charge is -2.37. The second-order valence-electron chi connectivity index (χ2n) is 5.26. The Hall–Kier alpha value is -0.380. The first kappa shape index (κ1) is 13.1. The van der Waals surface area contributed by atoms with Crippen molar-refractivity contribution in [2.24, 2.45) is 5.73 Å². The second kappa shape index (κ2) is 5.98. The minimum atomic E-state index is 0.203. The van der Waals surface area contributed by atoms with E-state index in [1.165, 1.54) is 37.1 Å². The van der Waals surface area contributed by atoms with Gasteiger partial charge in [0, 0.05) is 17.0 Å². The smallest absolute Gasteiger partial charge is 0.0593 e. The molecule has 0 spiro atoms. The average Bonchev–Trinajstić information content (AvgIpc) is 2.71. The van der Waals surface area contributed by atoms with Gasteiger partial charge in [0.15, 0.2) is 0 Å². The topological polar surface area (TPSA) is 29.3 Å². The molecule has 2 N–H and O–H groups in total. The van der Waals surface area contributed by atoms with Gasteiger partial charge in [-0.1, -0.05) is 18.9 Å². The van der Waals surface area contributed by atoms with Gasteiger partial charge in [0.2, 0.25) is 0 Å². The van der Waals surface area contributed by atoms with Crippen LogP contribution in [0.5, 0.6) is 0 Å². The minimum absolute atomic E-state index is 0.203. The van der Waals surface area contributed by atoms with E-state index in [1.54, 1.807) is 0 Å². The Morgan fingerprint density at radius 3 is 2.88 bits per heavy atom. The monoisotopic (exact) mass is 252 g/mol. The molecule has 1 fully saturated rings. The van der Waals surface area contributed by atoms with Crippen LogP contribution in [0.4, 0.5) is 0 Å². The molecule has 3 unspecified atom stereocenters. The van der Waals surface area contributed by atoms with Crippen molar-refractivity contribution in [3.63, 3.8) is 0 Å². The average molecular weight is 252 g/mol. The third-order valence-electron chi connectivity index (χ3n) is 3.79. The van der Waals surface area contributed by atoms with Gasteiger partial charge in [-0.2, -0.15) is 0 Å². The maximum absolute atomic E-state index is 6.24. The predicted molar refractivity (Wildman–Crippen MR) is 75.3 cm³/mol. The quantitative estimate of drug-likeness (QED) is 0.893.